The molecule has 3 atom stereocenters. The van der Waals surface area contributed by atoms with Crippen molar-refractivity contribution < 1.29 is 4.79 Å². The smallest absolute Gasteiger partial charge is 0.237 e. The van der Waals surface area contributed by atoms with Gasteiger partial charge in [-0.05, 0) is 40.8 Å². The van der Waals surface area contributed by atoms with E-state index in [9.17, 15) is 4.79 Å². The van der Waals surface area contributed by atoms with Crippen molar-refractivity contribution in [2.24, 2.45) is 0 Å². The van der Waals surface area contributed by atoms with Crippen LogP contribution in [0, 0.1) is 0 Å². The molecule has 0 saturated carbocycles. The van der Waals surface area contributed by atoms with Crippen molar-refractivity contribution in [3.8, 4) is 0 Å². The molecule has 0 aliphatic carbocycles. The van der Waals surface area contributed by atoms with Gasteiger partial charge in [-0.25, -0.2) is 0 Å². The van der Waals surface area contributed by atoms with Crippen LogP contribution in [0.2, 0.25) is 0 Å². The minimum absolute atomic E-state index is 0.0122. The quantitative estimate of drug-likeness (QED) is 0.727. The summed E-state index contributed by atoms with van der Waals surface area (Å²) < 4.78 is 0. The van der Waals surface area contributed by atoms with Gasteiger partial charge in [0.2, 0.25) is 5.91 Å². The topological polar surface area (TPSA) is 35.6 Å². The van der Waals surface area contributed by atoms with Gasteiger partial charge < -0.3 is 10.2 Å². The summed E-state index contributed by atoms with van der Waals surface area (Å²) in [5.41, 5.74) is 0. The van der Waals surface area contributed by atoms with Crippen molar-refractivity contribution in [2.75, 3.05) is 27.2 Å². The summed E-state index contributed by atoms with van der Waals surface area (Å²) in [4.78, 5) is 16.7. The Morgan fingerprint density at radius 2 is 2.17 bits per heavy atom. The first-order valence-electron chi connectivity index (χ1n) is 7.18. The molecule has 1 amide bonds. The Morgan fingerprint density at radius 1 is 1.50 bits per heavy atom. The Balaban J connectivity index is 2.47. The first kappa shape index (κ1) is 15.4. The Kier molecular flexibility index (Phi) is 6.09. The van der Waals surface area contributed by atoms with Crippen molar-refractivity contribution in [3.63, 3.8) is 0 Å². The third-order valence-electron chi connectivity index (χ3n) is 4.13. The van der Waals surface area contributed by atoms with Gasteiger partial charge in [0.05, 0.1) is 6.04 Å². The second-order valence-electron chi connectivity index (χ2n) is 5.62. The average molecular weight is 255 g/mol. The van der Waals surface area contributed by atoms with E-state index in [2.05, 4.69) is 43.1 Å². The maximum atomic E-state index is 12.1. The predicted molar refractivity (Wildman–Crippen MR) is 75.6 cm³/mol. The molecule has 3 unspecified atom stereocenters. The number of hydrogen-bond donors (Lipinski definition) is 1. The number of nitrogens with zero attached hydrogens (tertiary/aromatic N) is 2. The molecule has 1 heterocycles. The van der Waals surface area contributed by atoms with Crippen LogP contribution in [0.4, 0.5) is 0 Å². The van der Waals surface area contributed by atoms with E-state index in [1.54, 1.807) is 0 Å². The number of carbonyl (C=O) groups excluding carboxylic acids is 1. The van der Waals surface area contributed by atoms with Gasteiger partial charge in [-0.15, -0.1) is 0 Å². The van der Waals surface area contributed by atoms with Crippen molar-refractivity contribution >= 4 is 5.91 Å². The monoisotopic (exact) mass is 255 g/mol. The molecule has 0 bridgehead atoms. The number of nitrogens with one attached hydrogen (secondary N) is 1. The van der Waals surface area contributed by atoms with Crippen LogP contribution < -0.4 is 5.32 Å². The molecule has 0 aromatic rings. The highest BCUT2D eigenvalue weighted by Crippen LogP contribution is 2.23. The van der Waals surface area contributed by atoms with Gasteiger partial charge in [0.25, 0.3) is 0 Å². The summed E-state index contributed by atoms with van der Waals surface area (Å²) in [5.74, 6) is 0.176. The number of carbonyl (C=O) groups is 1. The summed E-state index contributed by atoms with van der Waals surface area (Å²) >= 11 is 0. The number of unbranched alkanes of at least 4 members (excludes halogenated alkanes) is 1. The van der Waals surface area contributed by atoms with E-state index in [0.717, 1.165) is 32.4 Å². The van der Waals surface area contributed by atoms with Crippen LogP contribution >= 0.6 is 0 Å². The fourth-order valence-corrected chi connectivity index (χ4v) is 2.87. The molecule has 18 heavy (non-hydrogen) atoms. The molecule has 1 fully saturated rings. The standard InChI is InChI=1S/C14H29N3O/c1-6-7-9-15-14(18)12(3)17-10-8-13(11(17)2)16(4)5/h11-13H,6-10H2,1-5H3,(H,15,18). The Labute approximate surface area is 112 Å². The molecular formula is C14H29N3O. The molecule has 4 heteroatoms. The molecule has 106 valence electrons. The highest BCUT2D eigenvalue weighted by Gasteiger charge is 2.36. The molecular weight excluding hydrogens is 226 g/mol. The number of rotatable bonds is 6. The van der Waals surface area contributed by atoms with Crippen LogP contribution in [-0.2, 0) is 4.79 Å². The first-order valence-corrected chi connectivity index (χ1v) is 7.18. The summed E-state index contributed by atoms with van der Waals surface area (Å²) in [6, 6.07) is 1.00. The van der Waals surface area contributed by atoms with Crippen molar-refractivity contribution in [3.05, 3.63) is 0 Å². The molecule has 0 spiro atoms. The number of likely N-dealkylation sites (N-methyl/N-ethyl adjacent to an activating group) is 1. The Bertz CT molecular complexity index is 268. The van der Waals surface area contributed by atoms with Gasteiger partial charge in [0, 0.05) is 25.2 Å². The second-order valence-corrected chi connectivity index (χ2v) is 5.62. The lowest BCUT2D eigenvalue weighted by atomic mass is 10.1. The summed E-state index contributed by atoms with van der Waals surface area (Å²) in [6.45, 7) is 8.22. The van der Waals surface area contributed by atoms with E-state index in [0.29, 0.717) is 12.1 Å². The number of amides is 1. The lowest BCUT2D eigenvalue weighted by molar-refractivity contribution is -0.126. The maximum Gasteiger partial charge on any atom is 0.237 e. The van der Waals surface area contributed by atoms with Crippen LogP contribution in [0.5, 0.6) is 0 Å². The minimum Gasteiger partial charge on any atom is -0.355 e. The van der Waals surface area contributed by atoms with Gasteiger partial charge in [0.1, 0.15) is 0 Å². The summed E-state index contributed by atoms with van der Waals surface area (Å²) in [5, 5.41) is 3.03. The molecule has 1 aliphatic heterocycles. The van der Waals surface area contributed by atoms with Gasteiger partial charge in [-0.2, -0.15) is 0 Å². The molecule has 0 aromatic heterocycles. The van der Waals surface area contributed by atoms with Gasteiger partial charge in [-0.3, -0.25) is 9.69 Å². The lowest BCUT2D eigenvalue weighted by Crippen LogP contribution is -2.49. The van der Waals surface area contributed by atoms with E-state index in [-0.39, 0.29) is 11.9 Å². The predicted octanol–water partition coefficient (Wildman–Crippen LogP) is 1.32. The fourth-order valence-electron chi connectivity index (χ4n) is 2.87. The SMILES string of the molecule is CCCCNC(=O)C(C)N1CCC(N(C)C)C1C. The summed E-state index contributed by atoms with van der Waals surface area (Å²) in [6.07, 6.45) is 3.34. The first-order chi connectivity index (χ1) is 8.49. The third kappa shape index (κ3) is 3.69. The van der Waals surface area contributed by atoms with Gasteiger partial charge in [0.15, 0.2) is 0 Å². The lowest BCUT2D eigenvalue weighted by Gasteiger charge is -2.31. The van der Waals surface area contributed by atoms with Crippen molar-refractivity contribution in [1.29, 1.82) is 0 Å². The number of hydrogen-bond acceptors (Lipinski definition) is 3. The average Bonchev–Trinajstić information content (AvgIpc) is 2.70. The minimum atomic E-state index is -0.0122. The molecule has 1 saturated heterocycles. The van der Waals surface area contributed by atoms with Crippen LogP contribution in [-0.4, -0.2) is 61.0 Å². The van der Waals surface area contributed by atoms with E-state index in [4.69, 9.17) is 0 Å². The normalized spacial score (nSPS) is 26.6. The molecule has 4 nitrogen and oxygen atoms in total. The van der Waals surface area contributed by atoms with E-state index in [1.807, 2.05) is 6.92 Å². The summed E-state index contributed by atoms with van der Waals surface area (Å²) in [7, 11) is 4.24. The van der Waals surface area contributed by atoms with Crippen LogP contribution in [0.3, 0.4) is 0 Å². The van der Waals surface area contributed by atoms with E-state index in [1.165, 1.54) is 0 Å². The molecule has 1 N–H and O–H groups in total. The molecule has 0 radical (unpaired) electrons. The van der Waals surface area contributed by atoms with Crippen LogP contribution in [0.15, 0.2) is 0 Å². The Hall–Kier alpha value is -0.610. The fraction of sp³-hybridized carbons (Fsp3) is 0.929. The van der Waals surface area contributed by atoms with Crippen LogP contribution in [0.25, 0.3) is 0 Å². The van der Waals surface area contributed by atoms with Gasteiger partial charge in [-0.1, -0.05) is 13.3 Å². The number of likely N-dealkylation sites (tertiary alicyclic amines) is 1. The van der Waals surface area contributed by atoms with Crippen LogP contribution in [0.1, 0.15) is 40.0 Å². The second kappa shape index (κ2) is 7.10. The van der Waals surface area contributed by atoms with Crippen molar-refractivity contribution in [1.82, 2.24) is 15.1 Å². The van der Waals surface area contributed by atoms with E-state index >= 15 is 0 Å². The highest BCUT2D eigenvalue weighted by atomic mass is 16.2. The highest BCUT2D eigenvalue weighted by molar-refractivity contribution is 5.81. The molecule has 1 rings (SSSR count). The maximum absolute atomic E-state index is 12.1. The third-order valence-corrected chi connectivity index (χ3v) is 4.13. The zero-order chi connectivity index (χ0) is 13.7. The van der Waals surface area contributed by atoms with E-state index < -0.39 is 0 Å². The largest absolute Gasteiger partial charge is 0.355 e. The Morgan fingerprint density at radius 3 is 2.67 bits per heavy atom. The molecule has 1 aliphatic rings. The zero-order valence-electron chi connectivity index (χ0n) is 12.6. The van der Waals surface area contributed by atoms with Crippen molar-refractivity contribution in [2.45, 2.75) is 58.2 Å². The zero-order valence-corrected chi connectivity index (χ0v) is 12.6. The molecule has 0 aromatic carbocycles. The van der Waals surface area contributed by atoms with Gasteiger partial charge >= 0.3 is 0 Å².